The van der Waals surface area contributed by atoms with E-state index in [1.807, 2.05) is 15.8 Å². The monoisotopic (exact) mass is 353 g/mol. The summed E-state index contributed by atoms with van der Waals surface area (Å²) >= 11 is 0. The second-order valence-electron chi connectivity index (χ2n) is 7.67. The van der Waals surface area contributed by atoms with E-state index in [-0.39, 0.29) is 5.91 Å². The number of carbonyl (C=O) groups excluding carboxylic acids is 1. The molecule has 2 aliphatic rings. The Balaban J connectivity index is 1.57. The number of amides is 1. The molecule has 0 radical (unpaired) electrons. The Kier molecular flexibility index (Phi) is 4.76. The fourth-order valence-corrected chi connectivity index (χ4v) is 3.95. The first kappa shape index (κ1) is 17.2. The third-order valence-corrected chi connectivity index (χ3v) is 5.55. The molecule has 0 spiro atoms. The number of carbonyl (C=O) groups is 1. The molecule has 3 heterocycles. The van der Waals surface area contributed by atoms with Crippen LogP contribution in [0.25, 0.3) is 0 Å². The van der Waals surface area contributed by atoms with Gasteiger partial charge in [-0.25, -0.2) is 4.68 Å². The van der Waals surface area contributed by atoms with Gasteiger partial charge >= 0.3 is 0 Å². The Morgan fingerprint density at radius 2 is 2.08 bits per heavy atom. The predicted molar refractivity (Wildman–Crippen MR) is 102 cm³/mol. The van der Waals surface area contributed by atoms with Crippen LogP contribution in [0.3, 0.4) is 0 Å². The number of fused-ring (bicyclic) bond motifs is 1. The zero-order valence-corrected chi connectivity index (χ0v) is 15.6. The van der Waals surface area contributed by atoms with Gasteiger partial charge in [-0.2, -0.15) is 0 Å². The van der Waals surface area contributed by atoms with E-state index in [0.717, 1.165) is 51.0 Å². The normalized spacial score (nSPS) is 18.2. The summed E-state index contributed by atoms with van der Waals surface area (Å²) < 4.78 is 1.88. The highest BCUT2D eigenvalue weighted by Crippen LogP contribution is 2.31. The van der Waals surface area contributed by atoms with Crippen molar-refractivity contribution in [2.45, 2.75) is 51.5 Å². The number of hydrogen-bond acceptors (Lipinski definition) is 4. The van der Waals surface area contributed by atoms with E-state index in [9.17, 15) is 4.79 Å². The minimum absolute atomic E-state index is 0.0385. The van der Waals surface area contributed by atoms with Gasteiger partial charge in [0.1, 0.15) is 0 Å². The molecule has 0 unspecified atom stereocenters. The van der Waals surface area contributed by atoms with E-state index in [4.69, 9.17) is 0 Å². The lowest BCUT2D eigenvalue weighted by atomic mass is 9.94. The van der Waals surface area contributed by atoms with Gasteiger partial charge < -0.3 is 10.2 Å². The number of piperidine rings is 1. The van der Waals surface area contributed by atoms with Crippen molar-refractivity contribution >= 4 is 11.6 Å². The van der Waals surface area contributed by atoms with Crippen LogP contribution in [-0.4, -0.2) is 40.5 Å². The van der Waals surface area contributed by atoms with Crippen molar-refractivity contribution in [3.05, 3.63) is 41.2 Å². The molecular weight excluding hydrogens is 326 g/mol. The second kappa shape index (κ2) is 7.19. The average molecular weight is 353 g/mol. The minimum Gasteiger partial charge on any atom is -0.317 e. The van der Waals surface area contributed by atoms with Gasteiger partial charge in [0.25, 0.3) is 5.91 Å². The minimum atomic E-state index is -0.0385. The van der Waals surface area contributed by atoms with Gasteiger partial charge in [-0.1, -0.05) is 31.2 Å². The Morgan fingerprint density at radius 3 is 2.85 bits per heavy atom. The van der Waals surface area contributed by atoms with Gasteiger partial charge in [-0.3, -0.25) is 4.79 Å². The predicted octanol–water partition coefficient (Wildman–Crippen LogP) is 2.92. The van der Waals surface area contributed by atoms with Crippen LogP contribution in [0.15, 0.2) is 24.4 Å². The fraction of sp³-hybridized carbons (Fsp3) is 0.550. The molecule has 4 rings (SSSR count). The summed E-state index contributed by atoms with van der Waals surface area (Å²) in [7, 11) is 0. The van der Waals surface area contributed by atoms with E-state index in [0.29, 0.717) is 17.7 Å². The molecule has 1 amide bonds. The molecule has 2 aromatic rings. The third kappa shape index (κ3) is 3.26. The fourth-order valence-electron chi connectivity index (χ4n) is 3.95. The highest BCUT2D eigenvalue weighted by molar-refractivity contribution is 6.05. The van der Waals surface area contributed by atoms with Crippen molar-refractivity contribution in [3.63, 3.8) is 0 Å². The van der Waals surface area contributed by atoms with Crippen LogP contribution < -0.4 is 10.2 Å². The summed E-state index contributed by atoms with van der Waals surface area (Å²) in [5.41, 5.74) is 4.07. The highest BCUT2D eigenvalue weighted by Gasteiger charge is 2.27. The smallest absolute Gasteiger partial charge is 0.280 e. The number of benzene rings is 1. The third-order valence-electron chi connectivity index (χ3n) is 5.55. The quantitative estimate of drug-likeness (QED) is 0.921. The Labute approximate surface area is 154 Å². The molecule has 6 nitrogen and oxygen atoms in total. The van der Waals surface area contributed by atoms with Crippen molar-refractivity contribution in [1.82, 2.24) is 20.3 Å². The summed E-state index contributed by atoms with van der Waals surface area (Å²) in [6, 6.07) is 6.83. The van der Waals surface area contributed by atoms with Crippen molar-refractivity contribution < 1.29 is 4.79 Å². The van der Waals surface area contributed by atoms with Crippen LogP contribution in [0.4, 0.5) is 5.69 Å². The highest BCUT2D eigenvalue weighted by atomic mass is 16.2. The molecule has 0 bridgehead atoms. The first-order valence-electron chi connectivity index (χ1n) is 9.70. The number of anilines is 1. The maximum atomic E-state index is 13.1. The summed E-state index contributed by atoms with van der Waals surface area (Å²) in [6.45, 7) is 7.13. The summed E-state index contributed by atoms with van der Waals surface area (Å²) in [5.74, 6) is 0.458. The number of nitrogens with one attached hydrogen (secondary N) is 1. The standard InChI is InChI=1S/C20H27N5O/c1-14(2)15-5-6-19-16(12-15)4-3-11-24(19)20(26)18-13-25(23-22-18)17-7-9-21-10-8-17/h5-6,12-14,17,21H,3-4,7-11H2,1-2H3. The molecule has 1 saturated heterocycles. The number of aryl methyl sites for hydroxylation is 1. The van der Waals surface area contributed by atoms with E-state index in [1.54, 1.807) is 0 Å². The molecule has 1 aromatic carbocycles. The van der Waals surface area contributed by atoms with E-state index in [2.05, 4.69) is 47.7 Å². The largest absolute Gasteiger partial charge is 0.317 e. The van der Waals surface area contributed by atoms with Gasteiger partial charge in [0.15, 0.2) is 5.69 Å². The Hall–Kier alpha value is -2.21. The summed E-state index contributed by atoms with van der Waals surface area (Å²) in [5, 5.41) is 11.8. The Morgan fingerprint density at radius 1 is 1.27 bits per heavy atom. The van der Waals surface area contributed by atoms with Crippen LogP contribution in [0.2, 0.25) is 0 Å². The van der Waals surface area contributed by atoms with Gasteiger partial charge in [-0.15, -0.1) is 5.10 Å². The number of nitrogens with zero attached hydrogens (tertiary/aromatic N) is 4. The maximum Gasteiger partial charge on any atom is 0.280 e. The molecule has 1 aromatic heterocycles. The number of hydrogen-bond donors (Lipinski definition) is 1. The van der Waals surface area contributed by atoms with Crippen molar-refractivity contribution in [2.75, 3.05) is 24.5 Å². The van der Waals surface area contributed by atoms with E-state index in [1.165, 1.54) is 11.1 Å². The first-order chi connectivity index (χ1) is 12.6. The zero-order chi connectivity index (χ0) is 18.1. The number of aromatic nitrogens is 3. The topological polar surface area (TPSA) is 63.1 Å². The molecule has 0 saturated carbocycles. The molecular formula is C20H27N5O. The van der Waals surface area contributed by atoms with Crippen molar-refractivity contribution in [3.8, 4) is 0 Å². The molecule has 2 aliphatic heterocycles. The molecule has 0 aliphatic carbocycles. The number of rotatable bonds is 3. The average Bonchev–Trinajstić information content (AvgIpc) is 3.17. The SMILES string of the molecule is CC(C)c1ccc2c(c1)CCCN2C(=O)c1cn(C2CCNCC2)nn1. The maximum absolute atomic E-state index is 13.1. The van der Waals surface area contributed by atoms with Gasteiger partial charge in [0.2, 0.25) is 0 Å². The molecule has 138 valence electrons. The molecule has 0 atom stereocenters. The molecule has 6 heteroatoms. The lowest BCUT2D eigenvalue weighted by Crippen LogP contribution is -2.35. The molecule has 26 heavy (non-hydrogen) atoms. The van der Waals surface area contributed by atoms with Crippen LogP contribution in [-0.2, 0) is 6.42 Å². The van der Waals surface area contributed by atoms with Gasteiger partial charge in [0, 0.05) is 12.2 Å². The Bertz CT molecular complexity index is 791. The molecule has 1 fully saturated rings. The summed E-state index contributed by atoms with van der Waals surface area (Å²) in [4.78, 5) is 14.9. The summed E-state index contributed by atoms with van der Waals surface area (Å²) in [6.07, 6.45) is 5.91. The second-order valence-corrected chi connectivity index (χ2v) is 7.67. The van der Waals surface area contributed by atoms with Crippen LogP contribution >= 0.6 is 0 Å². The van der Waals surface area contributed by atoms with E-state index >= 15 is 0 Å². The lowest BCUT2D eigenvalue weighted by Gasteiger charge is -2.29. The van der Waals surface area contributed by atoms with Crippen molar-refractivity contribution in [2.24, 2.45) is 0 Å². The van der Waals surface area contributed by atoms with Gasteiger partial charge in [-0.05, 0) is 61.9 Å². The van der Waals surface area contributed by atoms with Crippen LogP contribution in [0.1, 0.15) is 66.7 Å². The van der Waals surface area contributed by atoms with Crippen molar-refractivity contribution in [1.29, 1.82) is 0 Å². The molecule has 1 N–H and O–H groups in total. The van der Waals surface area contributed by atoms with Crippen LogP contribution in [0.5, 0.6) is 0 Å². The van der Waals surface area contributed by atoms with Crippen LogP contribution in [0, 0.1) is 0 Å². The first-order valence-corrected chi connectivity index (χ1v) is 9.70. The lowest BCUT2D eigenvalue weighted by molar-refractivity contribution is 0.0980. The zero-order valence-electron chi connectivity index (χ0n) is 15.6. The van der Waals surface area contributed by atoms with Gasteiger partial charge in [0.05, 0.1) is 12.2 Å². The van der Waals surface area contributed by atoms with E-state index < -0.39 is 0 Å².